The molecule has 3 N–H and O–H groups in total. The van der Waals surface area contributed by atoms with Gasteiger partial charge in [0.1, 0.15) is 4.99 Å². The standard InChI is InChI=1S/C15H22N2S/c1-10-3-6-14(9-11(10)2)17-13-7-4-12(5-8-13)15(16)18/h4-5,7-8,10-11,14,17H,3,6,9H2,1-2H3,(H2,16,18). The molecule has 0 saturated heterocycles. The van der Waals surface area contributed by atoms with Gasteiger partial charge in [-0.2, -0.15) is 0 Å². The van der Waals surface area contributed by atoms with E-state index >= 15 is 0 Å². The molecule has 0 spiro atoms. The Morgan fingerprint density at radius 3 is 2.39 bits per heavy atom. The normalized spacial score (nSPS) is 27.8. The van der Waals surface area contributed by atoms with Crippen molar-refractivity contribution in [2.75, 3.05) is 5.32 Å². The van der Waals surface area contributed by atoms with E-state index < -0.39 is 0 Å². The molecule has 18 heavy (non-hydrogen) atoms. The first kappa shape index (κ1) is 13.3. The van der Waals surface area contributed by atoms with Gasteiger partial charge in [0.15, 0.2) is 0 Å². The van der Waals surface area contributed by atoms with Crippen LogP contribution in [0.25, 0.3) is 0 Å². The molecule has 0 heterocycles. The van der Waals surface area contributed by atoms with Gasteiger partial charge in [-0.1, -0.05) is 26.1 Å². The average Bonchev–Trinajstić information content (AvgIpc) is 2.34. The highest BCUT2D eigenvalue weighted by atomic mass is 32.1. The number of rotatable bonds is 3. The van der Waals surface area contributed by atoms with Crippen LogP contribution in [0.1, 0.15) is 38.7 Å². The van der Waals surface area contributed by atoms with Crippen LogP contribution in [0.2, 0.25) is 0 Å². The molecule has 3 atom stereocenters. The Kier molecular flexibility index (Phi) is 4.23. The molecule has 0 amide bonds. The SMILES string of the molecule is CC1CCC(Nc2ccc(C(N)=S)cc2)CC1C. The molecule has 0 radical (unpaired) electrons. The molecule has 1 aliphatic carbocycles. The molecular formula is C15H22N2S. The van der Waals surface area contributed by atoms with E-state index in [1.807, 2.05) is 12.1 Å². The summed E-state index contributed by atoms with van der Waals surface area (Å²) < 4.78 is 0. The fraction of sp³-hybridized carbons (Fsp3) is 0.533. The number of nitrogens with two attached hydrogens (primary N) is 1. The van der Waals surface area contributed by atoms with Crippen LogP contribution in [0.3, 0.4) is 0 Å². The predicted octanol–water partition coefficient (Wildman–Crippen LogP) is 3.56. The van der Waals surface area contributed by atoms with E-state index in [0.29, 0.717) is 11.0 Å². The first-order chi connectivity index (χ1) is 8.56. The van der Waals surface area contributed by atoms with Crippen molar-refractivity contribution in [3.63, 3.8) is 0 Å². The van der Waals surface area contributed by atoms with Gasteiger partial charge in [-0.15, -0.1) is 0 Å². The minimum atomic E-state index is 0.460. The van der Waals surface area contributed by atoms with Gasteiger partial charge in [-0.25, -0.2) is 0 Å². The average molecular weight is 262 g/mol. The van der Waals surface area contributed by atoms with Crippen LogP contribution in [-0.4, -0.2) is 11.0 Å². The molecule has 0 aromatic heterocycles. The molecule has 1 fully saturated rings. The highest BCUT2D eigenvalue weighted by Crippen LogP contribution is 2.31. The molecular weight excluding hydrogens is 240 g/mol. The Morgan fingerprint density at radius 1 is 1.17 bits per heavy atom. The van der Waals surface area contributed by atoms with Crippen LogP contribution < -0.4 is 11.1 Å². The second-order valence-electron chi connectivity index (χ2n) is 5.55. The first-order valence-corrected chi connectivity index (χ1v) is 7.13. The van der Waals surface area contributed by atoms with Gasteiger partial charge in [-0.3, -0.25) is 0 Å². The molecule has 1 saturated carbocycles. The summed E-state index contributed by atoms with van der Waals surface area (Å²) in [6.07, 6.45) is 3.85. The Labute approximate surface area is 115 Å². The summed E-state index contributed by atoms with van der Waals surface area (Å²) in [6.45, 7) is 4.71. The van der Waals surface area contributed by atoms with Crippen molar-refractivity contribution in [3.05, 3.63) is 29.8 Å². The fourth-order valence-electron chi connectivity index (χ4n) is 2.65. The monoisotopic (exact) mass is 262 g/mol. The molecule has 1 aliphatic rings. The Bertz CT molecular complexity index is 413. The Hall–Kier alpha value is -1.09. The summed E-state index contributed by atoms with van der Waals surface area (Å²) in [5.74, 6) is 1.67. The van der Waals surface area contributed by atoms with Crippen LogP contribution in [0.5, 0.6) is 0 Å². The molecule has 0 aliphatic heterocycles. The largest absolute Gasteiger partial charge is 0.389 e. The van der Waals surface area contributed by atoms with Crippen LogP contribution >= 0.6 is 12.2 Å². The lowest BCUT2D eigenvalue weighted by Crippen LogP contribution is -2.30. The molecule has 3 unspecified atom stereocenters. The smallest absolute Gasteiger partial charge is 0.103 e. The number of hydrogen-bond donors (Lipinski definition) is 2. The van der Waals surface area contributed by atoms with Crippen molar-refractivity contribution >= 4 is 22.9 Å². The maximum absolute atomic E-state index is 5.59. The lowest BCUT2D eigenvalue weighted by atomic mass is 9.79. The van der Waals surface area contributed by atoms with Crippen LogP contribution in [0, 0.1) is 11.8 Å². The summed E-state index contributed by atoms with van der Waals surface area (Å²) >= 11 is 4.95. The Balaban J connectivity index is 1.95. The lowest BCUT2D eigenvalue weighted by Gasteiger charge is -2.33. The van der Waals surface area contributed by atoms with E-state index in [1.54, 1.807) is 0 Å². The van der Waals surface area contributed by atoms with Crippen LogP contribution in [-0.2, 0) is 0 Å². The second kappa shape index (κ2) is 5.70. The highest BCUT2D eigenvalue weighted by Gasteiger charge is 2.24. The third kappa shape index (κ3) is 3.22. The van der Waals surface area contributed by atoms with E-state index in [4.69, 9.17) is 18.0 Å². The van der Waals surface area contributed by atoms with E-state index in [-0.39, 0.29) is 0 Å². The lowest BCUT2D eigenvalue weighted by molar-refractivity contribution is 0.261. The van der Waals surface area contributed by atoms with Gasteiger partial charge >= 0.3 is 0 Å². The van der Waals surface area contributed by atoms with E-state index in [0.717, 1.165) is 17.4 Å². The van der Waals surface area contributed by atoms with Gasteiger partial charge < -0.3 is 11.1 Å². The first-order valence-electron chi connectivity index (χ1n) is 6.72. The van der Waals surface area contributed by atoms with Crippen molar-refractivity contribution in [1.29, 1.82) is 0 Å². The molecule has 2 rings (SSSR count). The zero-order chi connectivity index (χ0) is 13.1. The van der Waals surface area contributed by atoms with Gasteiger partial charge in [0.05, 0.1) is 0 Å². The van der Waals surface area contributed by atoms with Crippen LogP contribution in [0.15, 0.2) is 24.3 Å². The van der Waals surface area contributed by atoms with Gasteiger partial charge in [0.2, 0.25) is 0 Å². The zero-order valence-corrected chi connectivity index (χ0v) is 12.0. The number of nitrogens with one attached hydrogen (secondary N) is 1. The third-order valence-corrected chi connectivity index (χ3v) is 4.37. The van der Waals surface area contributed by atoms with Gasteiger partial charge in [0, 0.05) is 17.3 Å². The Morgan fingerprint density at radius 2 is 1.83 bits per heavy atom. The van der Waals surface area contributed by atoms with Gasteiger partial charge in [-0.05, 0) is 55.4 Å². The summed E-state index contributed by atoms with van der Waals surface area (Å²) in [6, 6.07) is 8.71. The number of thiocarbonyl (C=S) groups is 1. The van der Waals surface area contributed by atoms with Crippen LogP contribution in [0.4, 0.5) is 5.69 Å². The third-order valence-electron chi connectivity index (χ3n) is 4.14. The predicted molar refractivity (Wildman–Crippen MR) is 81.9 cm³/mol. The highest BCUT2D eigenvalue weighted by molar-refractivity contribution is 7.80. The molecule has 1 aromatic carbocycles. The molecule has 1 aromatic rings. The van der Waals surface area contributed by atoms with Crippen molar-refractivity contribution < 1.29 is 0 Å². The van der Waals surface area contributed by atoms with Crippen molar-refractivity contribution in [2.24, 2.45) is 17.6 Å². The van der Waals surface area contributed by atoms with E-state index in [2.05, 4.69) is 31.3 Å². The molecule has 98 valence electrons. The fourth-order valence-corrected chi connectivity index (χ4v) is 2.78. The number of anilines is 1. The summed E-state index contributed by atoms with van der Waals surface area (Å²) in [7, 11) is 0. The maximum atomic E-state index is 5.59. The topological polar surface area (TPSA) is 38.0 Å². The summed E-state index contributed by atoms with van der Waals surface area (Å²) in [5, 5.41) is 3.61. The number of hydrogen-bond acceptors (Lipinski definition) is 2. The molecule has 3 heteroatoms. The van der Waals surface area contributed by atoms with E-state index in [9.17, 15) is 0 Å². The zero-order valence-electron chi connectivity index (χ0n) is 11.1. The summed E-state index contributed by atoms with van der Waals surface area (Å²) in [4.78, 5) is 0.460. The minimum absolute atomic E-state index is 0.460. The number of benzene rings is 1. The summed E-state index contributed by atoms with van der Waals surface area (Å²) in [5.41, 5.74) is 7.69. The van der Waals surface area contributed by atoms with Crippen molar-refractivity contribution in [1.82, 2.24) is 0 Å². The maximum Gasteiger partial charge on any atom is 0.103 e. The molecule has 2 nitrogen and oxygen atoms in total. The molecule has 0 bridgehead atoms. The van der Waals surface area contributed by atoms with Gasteiger partial charge in [0.25, 0.3) is 0 Å². The van der Waals surface area contributed by atoms with E-state index in [1.165, 1.54) is 24.9 Å². The van der Waals surface area contributed by atoms with Crippen molar-refractivity contribution in [3.8, 4) is 0 Å². The van der Waals surface area contributed by atoms with Crippen molar-refractivity contribution in [2.45, 2.75) is 39.2 Å². The minimum Gasteiger partial charge on any atom is -0.389 e. The quantitative estimate of drug-likeness (QED) is 0.818. The second-order valence-corrected chi connectivity index (χ2v) is 5.99.